The van der Waals surface area contributed by atoms with Crippen molar-refractivity contribution in [1.29, 1.82) is 0 Å². The third kappa shape index (κ3) is 2.43. The van der Waals surface area contributed by atoms with Gasteiger partial charge in [-0.15, -0.1) is 0 Å². The molecule has 1 aromatic heterocycles. The second-order valence-corrected chi connectivity index (χ2v) is 7.98. The molecule has 2 aliphatic rings. The Morgan fingerprint density at radius 2 is 2.00 bits per heavy atom. The number of aliphatic hydroxyl groups excluding tert-OH is 1. The first-order valence-corrected chi connectivity index (χ1v) is 9.70. The average molecular weight is 373 g/mol. The molecule has 2 aromatic carbocycles. The smallest absolute Gasteiger partial charge is 0.253 e. The molecule has 1 aliphatic heterocycles. The fraction of sp³-hybridized carbons (Fsp3) is 0.304. The van der Waals surface area contributed by atoms with Crippen LogP contribution in [0.15, 0.2) is 55.0 Å². The molecule has 0 saturated carbocycles. The number of hydrogen-bond donors (Lipinski definition) is 1. The van der Waals surface area contributed by atoms with Gasteiger partial charge in [-0.25, -0.2) is 4.98 Å². The monoisotopic (exact) mass is 373 g/mol. The van der Waals surface area contributed by atoms with E-state index in [4.69, 9.17) is 0 Å². The zero-order valence-corrected chi connectivity index (χ0v) is 16.0. The van der Waals surface area contributed by atoms with Crippen LogP contribution in [0.2, 0.25) is 0 Å². The predicted molar refractivity (Wildman–Crippen MR) is 107 cm³/mol. The van der Waals surface area contributed by atoms with Crippen LogP contribution in [-0.2, 0) is 6.42 Å². The Kier molecular flexibility index (Phi) is 3.88. The molecule has 1 N–H and O–H groups in total. The summed E-state index contributed by atoms with van der Waals surface area (Å²) < 4.78 is 2.20. The molecule has 1 amide bonds. The van der Waals surface area contributed by atoms with E-state index in [1.165, 1.54) is 11.1 Å². The van der Waals surface area contributed by atoms with E-state index < -0.39 is 6.10 Å². The molecule has 5 nitrogen and oxygen atoms in total. The highest BCUT2D eigenvalue weighted by atomic mass is 16.3. The maximum atomic E-state index is 12.3. The number of aromatic nitrogens is 2. The number of carbonyl (C=O) groups excluding carboxylic acids is 1. The van der Waals surface area contributed by atoms with Crippen LogP contribution in [0.4, 0.5) is 0 Å². The van der Waals surface area contributed by atoms with E-state index >= 15 is 0 Å². The molecule has 0 spiro atoms. The van der Waals surface area contributed by atoms with E-state index in [1.807, 2.05) is 30.7 Å². The van der Waals surface area contributed by atoms with Crippen LogP contribution in [-0.4, -0.2) is 39.6 Å². The topological polar surface area (TPSA) is 58.4 Å². The number of fused-ring (bicyclic) bond motifs is 4. The minimum atomic E-state index is -0.571. The van der Waals surface area contributed by atoms with E-state index in [1.54, 1.807) is 19.0 Å². The van der Waals surface area contributed by atoms with Crippen LogP contribution in [0.1, 0.15) is 45.6 Å². The van der Waals surface area contributed by atoms with Crippen LogP contribution in [0.25, 0.3) is 11.3 Å². The first-order valence-electron chi connectivity index (χ1n) is 9.70. The van der Waals surface area contributed by atoms with Gasteiger partial charge in [-0.05, 0) is 41.7 Å². The lowest BCUT2D eigenvalue weighted by molar-refractivity contribution is 0.0717. The summed E-state index contributed by atoms with van der Waals surface area (Å²) >= 11 is 0. The molecule has 2 heterocycles. The van der Waals surface area contributed by atoms with Gasteiger partial charge in [0.2, 0.25) is 0 Å². The zero-order valence-electron chi connectivity index (χ0n) is 16.0. The lowest BCUT2D eigenvalue weighted by Gasteiger charge is -2.35. The number of imidazole rings is 1. The normalized spacial score (nSPS) is 22.3. The molecule has 142 valence electrons. The number of benzene rings is 2. The van der Waals surface area contributed by atoms with E-state index in [2.05, 4.69) is 33.8 Å². The standard InChI is InChI=1S/C23H23N3O2/c1-25(2)23(28)15-8-9-16-14(11-15)7-10-19(22(16)27)21-18-6-4-3-5-17(18)20-12-24-13-26(20)21/h3-6,8-9,11-13,19,21-22,27H,7,10H2,1-2H3/t19-,21-,22+/m1/s1. The van der Waals surface area contributed by atoms with E-state index in [-0.39, 0.29) is 17.9 Å². The highest BCUT2D eigenvalue weighted by molar-refractivity contribution is 5.94. The summed E-state index contributed by atoms with van der Waals surface area (Å²) in [5, 5.41) is 11.3. The summed E-state index contributed by atoms with van der Waals surface area (Å²) in [6, 6.07) is 14.2. The first kappa shape index (κ1) is 17.2. The summed E-state index contributed by atoms with van der Waals surface area (Å²) in [5.74, 6) is 0.0618. The van der Waals surface area contributed by atoms with Gasteiger partial charge in [-0.1, -0.05) is 30.3 Å². The Bertz CT molecular complexity index is 1070. The Labute approximate surface area is 164 Å². The minimum absolute atomic E-state index is 0.00723. The van der Waals surface area contributed by atoms with Crippen molar-refractivity contribution in [2.24, 2.45) is 5.92 Å². The summed E-state index contributed by atoms with van der Waals surface area (Å²) in [6.07, 6.45) is 4.93. The lowest BCUT2D eigenvalue weighted by atomic mass is 9.75. The van der Waals surface area contributed by atoms with Crippen molar-refractivity contribution in [3.8, 4) is 11.3 Å². The van der Waals surface area contributed by atoms with Crippen molar-refractivity contribution in [1.82, 2.24) is 14.5 Å². The number of rotatable bonds is 2. The molecule has 0 saturated heterocycles. The summed E-state index contributed by atoms with van der Waals surface area (Å²) in [5.41, 5.74) is 6.27. The molecule has 0 radical (unpaired) electrons. The SMILES string of the molecule is CN(C)C(=O)c1ccc2c(c1)CC[C@H]([C@H]1c3ccccc3-c3cncn31)[C@H]2O. The van der Waals surface area contributed by atoms with Gasteiger partial charge in [0, 0.05) is 31.1 Å². The van der Waals surface area contributed by atoms with Crippen molar-refractivity contribution in [2.45, 2.75) is 25.0 Å². The van der Waals surface area contributed by atoms with Gasteiger partial charge >= 0.3 is 0 Å². The fourth-order valence-corrected chi connectivity index (χ4v) is 4.85. The number of aryl methyl sites for hydroxylation is 1. The highest BCUT2D eigenvalue weighted by Gasteiger charge is 2.40. The van der Waals surface area contributed by atoms with Crippen molar-refractivity contribution < 1.29 is 9.90 Å². The van der Waals surface area contributed by atoms with E-state index in [0.717, 1.165) is 29.7 Å². The molecule has 1 aliphatic carbocycles. The van der Waals surface area contributed by atoms with Gasteiger partial charge in [-0.3, -0.25) is 4.79 Å². The number of aliphatic hydroxyl groups is 1. The van der Waals surface area contributed by atoms with Crippen molar-refractivity contribution in [3.63, 3.8) is 0 Å². The number of nitrogens with zero attached hydrogens (tertiary/aromatic N) is 3. The molecule has 3 aromatic rings. The van der Waals surface area contributed by atoms with Gasteiger partial charge in [0.1, 0.15) is 0 Å². The molecule has 5 rings (SSSR count). The maximum absolute atomic E-state index is 12.3. The van der Waals surface area contributed by atoms with Gasteiger partial charge in [-0.2, -0.15) is 0 Å². The van der Waals surface area contributed by atoms with Crippen molar-refractivity contribution in [2.75, 3.05) is 14.1 Å². The maximum Gasteiger partial charge on any atom is 0.253 e. The third-order valence-electron chi connectivity index (χ3n) is 6.19. The molecular formula is C23H23N3O2. The second kappa shape index (κ2) is 6.31. The van der Waals surface area contributed by atoms with Gasteiger partial charge in [0.15, 0.2) is 0 Å². The Hall–Kier alpha value is -2.92. The van der Waals surface area contributed by atoms with Crippen molar-refractivity contribution in [3.05, 3.63) is 77.2 Å². The van der Waals surface area contributed by atoms with Crippen LogP contribution in [0, 0.1) is 5.92 Å². The number of carbonyl (C=O) groups is 1. The lowest BCUT2D eigenvalue weighted by Crippen LogP contribution is -2.29. The molecule has 0 fully saturated rings. The van der Waals surface area contributed by atoms with Crippen LogP contribution in [0.3, 0.4) is 0 Å². The Morgan fingerprint density at radius 3 is 2.82 bits per heavy atom. The van der Waals surface area contributed by atoms with Gasteiger partial charge in [0.25, 0.3) is 5.91 Å². The molecule has 0 bridgehead atoms. The van der Waals surface area contributed by atoms with Gasteiger partial charge < -0.3 is 14.6 Å². The average Bonchev–Trinajstić information content (AvgIpc) is 3.29. The number of hydrogen-bond acceptors (Lipinski definition) is 3. The molecule has 3 atom stereocenters. The molecule has 0 unspecified atom stereocenters. The number of amides is 1. The summed E-state index contributed by atoms with van der Waals surface area (Å²) in [4.78, 5) is 18.2. The molecular weight excluding hydrogens is 350 g/mol. The largest absolute Gasteiger partial charge is 0.388 e. The summed E-state index contributed by atoms with van der Waals surface area (Å²) in [6.45, 7) is 0. The molecule has 5 heteroatoms. The highest BCUT2D eigenvalue weighted by Crippen LogP contribution is 2.49. The van der Waals surface area contributed by atoms with Crippen molar-refractivity contribution >= 4 is 5.91 Å². The third-order valence-corrected chi connectivity index (χ3v) is 6.19. The molecule has 28 heavy (non-hydrogen) atoms. The van der Waals surface area contributed by atoms with Crippen LogP contribution >= 0.6 is 0 Å². The van der Waals surface area contributed by atoms with Crippen LogP contribution in [0.5, 0.6) is 0 Å². The second-order valence-electron chi connectivity index (χ2n) is 7.98. The summed E-state index contributed by atoms with van der Waals surface area (Å²) in [7, 11) is 3.51. The zero-order chi connectivity index (χ0) is 19.4. The van der Waals surface area contributed by atoms with E-state index in [9.17, 15) is 9.90 Å². The van der Waals surface area contributed by atoms with Crippen LogP contribution < -0.4 is 0 Å². The van der Waals surface area contributed by atoms with E-state index in [0.29, 0.717) is 5.56 Å². The minimum Gasteiger partial charge on any atom is -0.388 e. The Balaban J connectivity index is 1.53. The first-order chi connectivity index (χ1) is 13.6. The Morgan fingerprint density at radius 1 is 1.18 bits per heavy atom. The van der Waals surface area contributed by atoms with Gasteiger partial charge in [0.05, 0.1) is 30.4 Å². The fourth-order valence-electron chi connectivity index (χ4n) is 4.85. The predicted octanol–water partition coefficient (Wildman–Crippen LogP) is 3.45. The quantitative estimate of drug-likeness (QED) is 0.748.